The van der Waals surface area contributed by atoms with E-state index in [-0.39, 0.29) is 0 Å². The summed E-state index contributed by atoms with van der Waals surface area (Å²) in [5, 5.41) is 10.1. The lowest BCUT2D eigenvalue weighted by Crippen LogP contribution is -2.41. The molecule has 4 heterocycles. The molecular weight excluding hydrogens is 424 g/mol. The van der Waals surface area contributed by atoms with Crippen LogP contribution in [-0.2, 0) is 19.1 Å². The van der Waals surface area contributed by atoms with Crippen molar-refractivity contribution in [1.29, 1.82) is 0 Å². The van der Waals surface area contributed by atoms with Crippen molar-refractivity contribution in [2.75, 3.05) is 13.2 Å². The molecule has 0 spiro atoms. The van der Waals surface area contributed by atoms with Crippen LogP contribution in [0.4, 0.5) is 4.79 Å². The van der Waals surface area contributed by atoms with E-state index in [1.54, 1.807) is 12.1 Å². The molecule has 1 N–H and O–H groups in total. The van der Waals surface area contributed by atoms with Crippen molar-refractivity contribution in [2.24, 2.45) is 5.10 Å². The van der Waals surface area contributed by atoms with E-state index in [4.69, 9.17) is 9.15 Å². The van der Waals surface area contributed by atoms with E-state index < -0.39 is 48.5 Å². The second-order valence-electron chi connectivity index (χ2n) is 7.60. The first-order valence-electron chi connectivity index (χ1n) is 9.53. The third-order valence-corrected chi connectivity index (χ3v) is 5.85. The van der Waals surface area contributed by atoms with Gasteiger partial charge in [-0.15, -0.1) is 11.3 Å². The number of hydrogen-bond donors (Lipinski definition) is 1. The topological polar surface area (TPSA) is 122 Å². The Hall–Kier alpha value is -3.47. The highest BCUT2D eigenvalue weighted by Crippen LogP contribution is 2.34. The number of amides is 4. The number of thiophene rings is 1. The van der Waals surface area contributed by atoms with Crippen LogP contribution < -0.4 is 5.32 Å². The zero-order valence-corrected chi connectivity index (χ0v) is 17.7. The van der Waals surface area contributed by atoms with E-state index in [0.29, 0.717) is 12.2 Å². The Morgan fingerprint density at radius 3 is 2.74 bits per heavy atom. The molecule has 1 saturated heterocycles. The highest BCUT2D eigenvalue weighted by atomic mass is 32.1. The zero-order valence-electron chi connectivity index (χ0n) is 16.9. The molecule has 0 aromatic carbocycles. The third-order valence-electron chi connectivity index (χ3n) is 4.93. The van der Waals surface area contributed by atoms with Crippen LogP contribution in [0.15, 0.2) is 45.4 Å². The number of esters is 1. The molecule has 2 aromatic rings. The Morgan fingerprint density at radius 1 is 1.32 bits per heavy atom. The maximum atomic E-state index is 12.8. The van der Waals surface area contributed by atoms with Crippen LogP contribution in [0.25, 0.3) is 0 Å². The molecule has 31 heavy (non-hydrogen) atoms. The fraction of sp³-hybridized carbons (Fsp3) is 0.350. The van der Waals surface area contributed by atoms with Gasteiger partial charge in [0.05, 0.1) is 16.9 Å². The summed E-state index contributed by atoms with van der Waals surface area (Å²) in [6.07, 6.45) is 1.98. The van der Waals surface area contributed by atoms with E-state index >= 15 is 0 Å². The van der Waals surface area contributed by atoms with Crippen molar-refractivity contribution in [2.45, 2.75) is 31.8 Å². The van der Waals surface area contributed by atoms with Gasteiger partial charge in [0.25, 0.3) is 11.8 Å². The molecule has 2 aromatic heterocycles. The molecule has 2 aliphatic heterocycles. The average Bonchev–Trinajstić information content (AvgIpc) is 3.49. The van der Waals surface area contributed by atoms with Crippen molar-refractivity contribution in [1.82, 2.24) is 15.2 Å². The van der Waals surface area contributed by atoms with Gasteiger partial charge in [0.2, 0.25) is 0 Å². The number of rotatable bonds is 6. The molecule has 4 rings (SSSR count). The summed E-state index contributed by atoms with van der Waals surface area (Å²) >= 11 is 1.51. The number of furan rings is 1. The van der Waals surface area contributed by atoms with Crippen LogP contribution in [-0.4, -0.2) is 58.1 Å². The molecule has 2 aliphatic rings. The minimum absolute atomic E-state index is 0.454. The molecule has 11 heteroatoms. The summed E-state index contributed by atoms with van der Waals surface area (Å²) in [6.45, 7) is 1.91. The number of carbonyl (C=O) groups is 4. The number of imide groups is 1. The van der Waals surface area contributed by atoms with Crippen molar-refractivity contribution in [3.8, 4) is 0 Å². The van der Waals surface area contributed by atoms with Crippen molar-refractivity contribution < 1.29 is 28.3 Å². The molecule has 1 fully saturated rings. The molecule has 0 radical (unpaired) electrons. The third kappa shape index (κ3) is 4.08. The number of ether oxygens (including phenoxy) is 1. The normalized spacial score (nSPS) is 20.1. The van der Waals surface area contributed by atoms with Crippen molar-refractivity contribution in [3.05, 3.63) is 46.5 Å². The maximum Gasteiger partial charge on any atom is 0.326 e. The molecule has 1 atom stereocenters. The van der Waals surface area contributed by atoms with Crippen LogP contribution in [0, 0.1) is 0 Å². The number of urea groups is 1. The fourth-order valence-corrected chi connectivity index (χ4v) is 4.10. The molecule has 4 amide bonds. The van der Waals surface area contributed by atoms with Gasteiger partial charge >= 0.3 is 12.0 Å². The van der Waals surface area contributed by atoms with Gasteiger partial charge in [-0.1, -0.05) is 6.07 Å². The SMILES string of the molecule is CC1(C)NC(=O)N(CC(=O)OCC(=O)N2N=C(c3cccs3)CC2c2ccco2)C1=O. The van der Waals surface area contributed by atoms with Gasteiger partial charge < -0.3 is 14.5 Å². The van der Waals surface area contributed by atoms with Crippen LogP contribution in [0.3, 0.4) is 0 Å². The molecule has 0 aliphatic carbocycles. The second kappa shape index (κ2) is 7.99. The summed E-state index contributed by atoms with van der Waals surface area (Å²) < 4.78 is 10.5. The van der Waals surface area contributed by atoms with Gasteiger partial charge in [0.1, 0.15) is 23.9 Å². The number of nitrogens with one attached hydrogen (secondary N) is 1. The first kappa shape index (κ1) is 20.8. The summed E-state index contributed by atoms with van der Waals surface area (Å²) in [5.41, 5.74) is -0.357. The van der Waals surface area contributed by atoms with Gasteiger partial charge in [0, 0.05) is 6.42 Å². The van der Waals surface area contributed by atoms with E-state index in [0.717, 1.165) is 15.5 Å². The van der Waals surface area contributed by atoms with E-state index in [9.17, 15) is 19.2 Å². The van der Waals surface area contributed by atoms with Gasteiger partial charge in [-0.05, 0) is 37.4 Å². The van der Waals surface area contributed by atoms with Crippen LogP contribution in [0.2, 0.25) is 0 Å². The van der Waals surface area contributed by atoms with E-state index in [1.807, 2.05) is 17.5 Å². The molecule has 10 nitrogen and oxygen atoms in total. The standard InChI is InChI=1S/C20H20N4O6S/c1-20(2)18(27)23(19(28)21-20)10-17(26)30-11-16(25)24-13(14-5-3-7-29-14)9-12(22-24)15-6-4-8-31-15/h3-8,13H,9-11H2,1-2H3,(H,21,28). The summed E-state index contributed by atoms with van der Waals surface area (Å²) in [7, 11) is 0. The molecule has 0 bridgehead atoms. The highest BCUT2D eigenvalue weighted by molar-refractivity contribution is 7.12. The van der Waals surface area contributed by atoms with E-state index in [2.05, 4.69) is 10.4 Å². The smallest absolute Gasteiger partial charge is 0.326 e. The van der Waals surface area contributed by atoms with Gasteiger partial charge in [-0.2, -0.15) is 5.10 Å². The number of nitrogens with zero attached hydrogens (tertiary/aromatic N) is 3. The Morgan fingerprint density at radius 2 is 2.13 bits per heavy atom. The second-order valence-corrected chi connectivity index (χ2v) is 8.55. The van der Waals surface area contributed by atoms with Crippen LogP contribution >= 0.6 is 11.3 Å². The Balaban J connectivity index is 1.41. The Bertz CT molecular complexity index is 1040. The monoisotopic (exact) mass is 444 g/mol. The summed E-state index contributed by atoms with van der Waals surface area (Å²) in [4.78, 5) is 50.7. The fourth-order valence-electron chi connectivity index (χ4n) is 3.38. The Labute approximate surface area is 181 Å². The van der Waals surface area contributed by atoms with Crippen LogP contribution in [0.5, 0.6) is 0 Å². The van der Waals surface area contributed by atoms with Crippen LogP contribution in [0.1, 0.15) is 36.9 Å². The van der Waals surface area contributed by atoms with Gasteiger partial charge in [-0.3, -0.25) is 19.3 Å². The number of hydrazone groups is 1. The highest BCUT2D eigenvalue weighted by Gasteiger charge is 2.45. The maximum absolute atomic E-state index is 12.8. The first-order chi connectivity index (χ1) is 14.8. The minimum Gasteiger partial charge on any atom is -0.467 e. The van der Waals surface area contributed by atoms with Crippen molar-refractivity contribution in [3.63, 3.8) is 0 Å². The van der Waals surface area contributed by atoms with E-state index in [1.165, 1.54) is 36.5 Å². The molecule has 0 saturated carbocycles. The summed E-state index contributed by atoms with van der Waals surface area (Å²) in [6, 6.07) is 6.15. The molecular formula is C20H20N4O6S. The lowest BCUT2D eigenvalue weighted by atomic mass is 10.1. The zero-order chi connectivity index (χ0) is 22.2. The van der Waals surface area contributed by atoms with Crippen molar-refractivity contribution >= 4 is 40.9 Å². The predicted molar refractivity (Wildman–Crippen MR) is 109 cm³/mol. The Kier molecular flexibility index (Phi) is 5.36. The quantitative estimate of drug-likeness (QED) is 0.536. The lowest BCUT2D eigenvalue weighted by molar-refractivity contribution is -0.154. The van der Waals surface area contributed by atoms with Gasteiger partial charge in [-0.25, -0.2) is 9.80 Å². The summed E-state index contributed by atoms with van der Waals surface area (Å²) in [5.74, 6) is -1.38. The number of carbonyl (C=O) groups excluding carboxylic acids is 4. The first-order valence-corrected chi connectivity index (χ1v) is 10.4. The minimum atomic E-state index is -1.09. The molecule has 1 unspecified atom stereocenters. The number of hydrogen-bond acceptors (Lipinski definition) is 8. The molecule has 162 valence electrons. The predicted octanol–water partition coefficient (Wildman–Crippen LogP) is 1.89. The average molecular weight is 444 g/mol. The lowest BCUT2D eigenvalue weighted by Gasteiger charge is -2.20. The van der Waals surface area contributed by atoms with Gasteiger partial charge in [0.15, 0.2) is 6.61 Å². The largest absolute Gasteiger partial charge is 0.467 e.